The van der Waals surface area contributed by atoms with Crippen molar-refractivity contribution in [1.82, 2.24) is 4.98 Å². The molecule has 0 atom stereocenters. The van der Waals surface area contributed by atoms with E-state index in [9.17, 15) is 18.0 Å². The average Bonchev–Trinajstić information content (AvgIpc) is 2.46. The zero-order valence-electron chi connectivity index (χ0n) is 12.1. The molecule has 0 aliphatic rings. The molecule has 0 unspecified atom stereocenters. The number of nitrogens with zero attached hydrogens (tertiary/aromatic N) is 1. The van der Waals surface area contributed by atoms with Crippen LogP contribution in [-0.2, 0) is 10.9 Å². The van der Waals surface area contributed by atoms with Crippen LogP contribution in [0.3, 0.4) is 0 Å². The number of alkyl halides is 3. The summed E-state index contributed by atoms with van der Waals surface area (Å²) in [5.41, 5.74) is 1.11. The summed E-state index contributed by atoms with van der Waals surface area (Å²) in [6, 6.07) is 7.73. The molecule has 0 aliphatic heterocycles. The highest BCUT2D eigenvalue weighted by atomic mass is 19.4. The maximum Gasteiger partial charge on any atom is 0.416 e. The summed E-state index contributed by atoms with van der Waals surface area (Å²) in [5.74, 6) is -0.485. The lowest BCUT2D eigenvalue weighted by molar-refractivity contribution is -0.137. The number of ether oxygens (including phenoxy) is 1. The first-order chi connectivity index (χ1) is 10.3. The Morgan fingerprint density at radius 1 is 1.18 bits per heavy atom. The van der Waals surface area contributed by atoms with Crippen LogP contribution in [0.15, 0.2) is 36.4 Å². The van der Waals surface area contributed by atoms with Crippen molar-refractivity contribution in [1.29, 1.82) is 0 Å². The maximum atomic E-state index is 12.6. The average molecular weight is 309 g/mol. The summed E-state index contributed by atoms with van der Waals surface area (Å²) >= 11 is 0. The molecular weight excluding hydrogens is 295 g/mol. The van der Waals surface area contributed by atoms with Crippen LogP contribution in [-0.4, -0.2) is 17.6 Å². The van der Waals surface area contributed by atoms with Crippen LogP contribution in [0.4, 0.5) is 13.2 Å². The van der Waals surface area contributed by atoms with E-state index in [4.69, 9.17) is 4.74 Å². The molecule has 6 heteroatoms. The number of aryl methyl sites for hydroxylation is 1. The number of halogens is 3. The summed E-state index contributed by atoms with van der Waals surface area (Å²) in [5, 5.41) is 0. The zero-order valence-corrected chi connectivity index (χ0v) is 12.1. The molecule has 1 aromatic heterocycles. The maximum absolute atomic E-state index is 12.6. The molecule has 0 spiro atoms. The minimum atomic E-state index is -4.38. The van der Waals surface area contributed by atoms with E-state index in [2.05, 4.69) is 4.98 Å². The molecule has 0 aliphatic carbocycles. The molecule has 0 radical (unpaired) electrons. The first-order valence-electron chi connectivity index (χ1n) is 6.64. The van der Waals surface area contributed by atoms with Gasteiger partial charge in [0.15, 0.2) is 0 Å². The minimum absolute atomic E-state index is 0.246. The molecule has 0 bridgehead atoms. The predicted octanol–water partition coefficient (Wildman–Crippen LogP) is 4.25. The molecule has 116 valence electrons. The van der Waals surface area contributed by atoms with Gasteiger partial charge in [0.2, 0.25) is 0 Å². The van der Waals surface area contributed by atoms with Gasteiger partial charge in [0.25, 0.3) is 0 Å². The highest BCUT2D eigenvalue weighted by molar-refractivity contribution is 5.90. The van der Waals surface area contributed by atoms with E-state index in [1.54, 1.807) is 19.9 Å². The van der Waals surface area contributed by atoms with Gasteiger partial charge in [0.1, 0.15) is 0 Å². The lowest BCUT2D eigenvalue weighted by atomic mass is 10.1. The molecule has 22 heavy (non-hydrogen) atoms. The van der Waals surface area contributed by atoms with Crippen molar-refractivity contribution in [2.24, 2.45) is 0 Å². The van der Waals surface area contributed by atoms with Crippen LogP contribution in [0.2, 0.25) is 0 Å². The second-order valence-electron chi connectivity index (χ2n) is 4.68. The normalized spacial score (nSPS) is 11.3. The van der Waals surface area contributed by atoms with Crippen molar-refractivity contribution in [3.8, 4) is 11.3 Å². The summed E-state index contributed by atoms with van der Waals surface area (Å²) < 4.78 is 42.6. The van der Waals surface area contributed by atoms with Gasteiger partial charge in [-0.3, -0.25) is 4.98 Å². The molecule has 3 nitrogen and oxygen atoms in total. The topological polar surface area (TPSA) is 39.2 Å². The lowest BCUT2D eigenvalue weighted by Crippen LogP contribution is -2.06. The van der Waals surface area contributed by atoms with Crippen LogP contribution in [0.25, 0.3) is 11.3 Å². The van der Waals surface area contributed by atoms with E-state index in [1.165, 1.54) is 18.2 Å². The molecule has 0 amide bonds. The van der Waals surface area contributed by atoms with Crippen LogP contribution in [0.5, 0.6) is 0 Å². The molecule has 2 aromatic rings. The highest BCUT2D eigenvalue weighted by Crippen LogP contribution is 2.30. The Labute approximate surface area is 125 Å². The van der Waals surface area contributed by atoms with Crippen molar-refractivity contribution in [2.45, 2.75) is 20.0 Å². The largest absolute Gasteiger partial charge is 0.462 e. The molecule has 1 heterocycles. The third-order valence-electron chi connectivity index (χ3n) is 2.97. The number of esters is 1. The molecule has 0 saturated carbocycles. The van der Waals surface area contributed by atoms with Gasteiger partial charge in [0.05, 0.1) is 23.4 Å². The summed E-state index contributed by atoms with van der Waals surface area (Å²) in [4.78, 5) is 16.0. The van der Waals surface area contributed by atoms with Crippen molar-refractivity contribution in [3.63, 3.8) is 0 Å². The Morgan fingerprint density at radius 2 is 1.82 bits per heavy atom. The number of aromatic nitrogens is 1. The molecule has 2 rings (SSSR count). The SMILES string of the molecule is CCOC(=O)c1cc(C)nc(-c2ccc(C(F)(F)F)cc2)c1. The Bertz CT molecular complexity index is 679. The minimum Gasteiger partial charge on any atom is -0.462 e. The van der Waals surface area contributed by atoms with Crippen LogP contribution >= 0.6 is 0 Å². The summed E-state index contributed by atoms with van der Waals surface area (Å²) in [7, 11) is 0. The highest BCUT2D eigenvalue weighted by Gasteiger charge is 2.30. The molecular formula is C16H14F3NO2. The van der Waals surface area contributed by atoms with E-state index in [0.29, 0.717) is 22.5 Å². The van der Waals surface area contributed by atoms with Crippen LogP contribution in [0, 0.1) is 6.92 Å². The van der Waals surface area contributed by atoms with E-state index in [1.807, 2.05) is 0 Å². The number of hydrogen-bond acceptors (Lipinski definition) is 3. The molecule has 1 aromatic carbocycles. The standard InChI is InChI=1S/C16H14F3NO2/c1-3-22-15(21)12-8-10(2)20-14(9-12)11-4-6-13(7-5-11)16(17,18)19/h4-9H,3H2,1-2H3. The van der Waals surface area contributed by atoms with E-state index in [0.717, 1.165) is 12.1 Å². The van der Waals surface area contributed by atoms with Gasteiger partial charge in [-0.25, -0.2) is 4.79 Å². The molecule has 0 fully saturated rings. The number of carbonyl (C=O) groups excluding carboxylic acids is 1. The Morgan fingerprint density at radius 3 is 2.36 bits per heavy atom. The Kier molecular flexibility index (Phi) is 4.49. The Hall–Kier alpha value is -2.37. The van der Waals surface area contributed by atoms with E-state index in [-0.39, 0.29) is 6.61 Å². The molecule has 0 saturated heterocycles. The van der Waals surface area contributed by atoms with Crippen molar-refractivity contribution in [3.05, 3.63) is 53.2 Å². The van der Waals surface area contributed by atoms with Gasteiger partial charge in [-0.2, -0.15) is 13.2 Å². The fourth-order valence-electron chi connectivity index (χ4n) is 1.98. The van der Waals surface area contributed by atoms with Crippen LogP contribution < -0.4 is 0 Å². The van der Waals surface area contributed by atoms with Crippen LogP contribution in [0.1, 0.15) is 28.5 Å². The third-order valence-corrected chi connectivity index (χ3v) is 2.97. The smallest absolute Gasteiger partial charge is 0.416 e. The number of carbonyl (C=O) groups is 1. The zero-order chi connectivity index (χ0) is 16.3. The number of hydrogen-bond donors (Lipinski definition) is 0. The van der Waals surface area contributed by atoms with E-state index >= 15 is 0 Å². The number of pyridine rings is 1. The van der Waals surface area contributed by atoms with Crippen molar-refractivity contribution >= 4 is 5.97 Å². The quantitative estimate of drug-likeness (QED) is 0.796. The lowest BCUT2D eigenvalue weighted by Gasteiger charge is -2.09. The van der Waals surface area contributed by atoms with E-state index < -0.39 is 17.7 Å². The van der Waals surface area contributed by atoms with Gasteiger partial charge in [0, 0.05) is 11.3 Å². The fraction of sp³-hybridized carbons (Fsp3) is 0.250. The van der Waals surface area contributed by atoms with Gasteiger partial charge in [-0.15, -0.1) is 0 Å². The fourth-order valence-corrected chi connectivity index (χ4v) is 1.98. The van der Waals surface area contributed by atoms with Crippen molar-refractivity contribution < 1.29 is 22.7 Å². The summed E-state index contributed by atoms with van der Waals surface area (Å²) in [6.45, 7) is 3.65. The van der Waals surface area contributed by atoms with Gasteiger partial charge < -0.3 is 4.74 Å². The Balaban J connectivity index is 2.38. The third kappa shape index (κ3) is 3.63. The number of rotatable bonds is 3. The van der Waals surface area contributed by atoms with Gasteiger partial charge >= 0.3 is 12.1 Å². The van der Waals surface area contributed by atoms with Gasteiger partial charge in [-0.1, -0.05) is 12.1 Å². The second-order valence-corrected chi connectivity index (χ2v) is 4.68. The van der Waals surface area contributed by atoms with Gasteiger partial charge in [-0.05, 0) is 38.1 Å². The second kappa shape index (κ2) is 6.17. The molecule has 0 N–H and O–H groups in total. The first-order valence-corrected chi connectivity index (χ1v) is 6.64. The monoisotopic (exact) mass is 309 g/mol. The predicted molar refractivity (Wildman–Crippen MR) is 75.4 cm³/mol. The first kappa shape index (κ1) is 16.0. The number of benzene rings is 1. The van der Waals surface area contributed by atoms with Crippen molar-refractivity contribution in [2.75, 3.05) is 6.61 Å². The summed E-state index contributed by atoms with van der Waals surface area (Å²) in [6.07, 6.45) is -4.38.